The second kappa shape index (κ2) is 6.55. The van der Waals surface area contributed by atoms with E-state index in [-0.39, 0.29) is 5.82 Å². The summed E-state index contributed by atoms with van der Waals surface area (Å²) in [5, 5.41) is 7.38. The molecule has 26 heavy (non-hydrogen) atoms. The molecule has 130 valence electrons. The Hall–Kier alpha value is -3.28. The van der Waals surface area contributed by atoms with E-state index in [9.17, 15) is 4.39 Å². The van der Waals surface area contributed by atoms with E-state index >= 15 is 0 Å². The summed E-state index contributed by atoms with van der Waals surface area (Å²) in [6.45, 7) is 4.27. The molecule has 0 spiro atoms. The summed E-state index contributed by atoms with van der Waals surface area (Å²) in [5.74, 6) is 0.882. The fourth-order valence-electron chi connectivity index (χ4n) is 2.80. The van der Waals surface area contributed by atoms with Gasteiger partial charge in [-0.15, -0.1) is 0 Å². The van der Waals surface area contributed by atoms with E-state index in [4.69, 9.17) is 4.52 Å². The molecule has 0 aliphatic carbocycles. The summed E-state index contributed by atoms with van der Waals surface area (Å²) in [7, 11) is 0. The fourth-order valence-corrected chi connectivity index (χ4v) is 2.80. The van der Waals surface area contributed by atoms with Crippen LogP contribution in [-0.4, -0.2) is 15.1 Å². The van der Waals surface area contributed by atoms with E-state index < -0.39 is 0 Å². The number of nitrogens with one attached hydrogen (secondary N) is 1. The van der Waals surface area contributed by atoms with Gasteiger partial charge in [-0.1, -0.05) is 47.1 Å². The monoisotopic (exact) mass is 348 g/mol. The Labute approximate surface area is 149 Å². The van der Waals surface area contributed by atoms with Crippen molar-refractivity contribution in [3.8, 4) is 11.3 Å². The molecule has 0 bridgehead atoms. The zero-order valence-electron chi connectivity index (χ0n) is 14.5. The molecule has 0 saturated heterocycles. The smallest absolute Gasteiger partial charge is 0.228 e. The van der Waals surface area contributed by atoms with E-state index in [0.717, 1.165) is 11.1 Å². The largest absolute Gasteiger partial charge is 0.363 e. The lowest BCUT2D eigenvalue weighted by Gasteiger charge is -2.07. The highest BCUT2D eigenvalue weighted by Gasteiger charge is 2.17. The Balaban J connectivity index is 1.71. The number of aryl methyl sites for hydroxylation is 2. The first-order valence-corrected chi connectivity index (χ1v) is 8.29. The Morgan fingerprint density at radius 3 is 2.62 bits per heavy atom. The van der Waals surface area contributed by atoms with Crippen molar-refractivity contribution >= 4 is 16.9 Å². The van der Waals surface area contributed by atoms with Crippen molar-refractivity contribution in [1.29, 1.82) is 0 Å². The van der Waals surface area contributed by atoms with E-state index in [1.165, 1.54) is 17.7 Å². The van der Waals surface area contributed by atoms with Crippen LogP contribution in [0.4, 0.5) is 10.2 Å². The summed E-state index contributed by atoms with van der Waals surface area (Å²) in [4.78, 5) is 8.91. The van der Waals surface area contributed by atoms with Crippen LogP contribution in [0.1, 0.15) is 17.0 Å². The Kier molecular flexibility index (Phi) is 4.08. The predicted molar refractivity (Wildman–Crippen MR) is 98.2 cm³/mol. The number of halogens is 1. The molecule has 4 rings (SSSR count). The van der Waals surface area contributed by atoms with Gasteiger partial charge in [0.05, 0.1) is 0 Å². The molecular weight excluding hydrogens is 331 g/mol. The first kappa shape index (κ1) is 16.2. The standard InChI is InChI=1S/C20H17FN4O/c1-12-6-8-15(9-7-12)17-18-19(26-25-17)20(24-13(2)23-18)22-11-14-4-3-5-16(21)10-14/h3-10H,11H2,1-2H3,(H,22,23,24). The van der Waals surface area contributed by atoms with E-state index in [1.54, 1.807) is 6.07 Å². The van der Waals surface area contributed by atoms with Crippen molar-refractivity contribution in [2.45, 2.75) is 20.4 Å². The molecule has 0 radical (unpaired) electrons. The third kappa shape index (κ3) is 3.13. The van der Waals surface area contributed by atoms with Crippen molar-refractivity contribution in [3.05, 3.63) is 71.3 Å². The average molecular weight is 348 g/mol. The van der Waals surface area contributed by atoms with Crippen molar-refractivity contribution in [3.63, 3.8) is 0 Å². The predicted octanol–water partition coefficient (Wildman–Crippen LogP) is 4.65. The van der Waals surface area contributed by atoms with Crippen molar-refractivity contribution in [1.82, 2.24) is 15.1 Å². The fraction of sp³-hybridized carbons (Fsp3) is 0.150. The zero-order chi connectivity index (χ0) is 18.1. The number of fused-ring (bicyclic) bond motifs is 1. The number of hydrogen-bond donors (Lipinski definition) is 1. The second-order valence-corrected chi connectivity index (χ2v) is 6.18. The van der Waals surface area contributed by atoms with Gasteiger partial charge in [0, 0.05) is 12.1 Å². The van der Waals surface area contributed by atoms with Gasteiger partial charge in [0.2, 0.25) is 5.58 Å². The summed E-state index contributed by atoms with van der Waals surface area (Å²) in [5.41, 5.74) is 4.74. The Morgan fingerprint density at radius 1 is 1.04 bits per heavy atom. The number of anilines is 1. The highest BCUT2D eigenvalue weighted by atomic mass is 19.1. The SMILES string of the molecule is Cc1ccc(-c2noc3c(NCc4cccc(F)c4)nc(C)nc23)cc1. The molecule has 4 aromatic rings. The maximum absolute atomic E-state index is 13.3. The third-order valence-corrected chi connectivity index (χ3v) is 4.10. The van der Waals surface area contributed by atoms with Crippen LogP contribution in [0.3, 0.4) is 0 Å². The van der Waals surface area contributed by atoms with Gasteiger partial charge < -0.3 is 9.84 Å². The first-order valence-electron chi connectivity index (χ1n) is 8.29. The highest BCUT2D eigenvalue weighted by Crippen LogP contribution is 2.30. The molecule has 0 aliphatic heterocycles. The van der Waals surface area contributed by atoms with Gasteiger partial charge in [-0.2, -0.15) is 0 Å². The average Bonchev–Trinajstić information content (AvgIpc) is 3.04. The normalized spacial score (nSPS) is 11.0. The molecule has 0 fully saturated rings. The van der Waals surface area contributed by atoms with E-state index in [2.05, 4.69) is 20.4 Å². The van der Waals surface area contributed by atoms with Crippen LogP contribution in [0.15, 0.2) is 53.1 Å². The highest BCUT2D eigenvalue weighted by molar-refractivity contribution is 5.93. The van der Waals surface area contributed by atoms with Crippen LogP contribution in [0, 0.1) is 19.7 Å². The summed E-state index contributed by atoms with van der Waals surface area (Å²) in [6.07, 6.45) is 0. The van der Waals surface area contributed by atoms with Crippen molar-refractivity contribution < 1.29 is 8.91 Å². The van der Waals surface area contributed by atoms with Gasteiger partial charge in [-0.05, 0) is 31.5 Å². The number of nitrogens with zero attached hydrogens (tertiary/aromatic N) is 3. The lowest BCUT2D eigenvalue weighted by Crippen LogP contribution is -2.04. The quantitative estimate of drug-likeness (QED) is 0.581. The molecule has 0 unspecified atom stereocenters. The van der Waals surface area contributed by atoms with Crippen LogP contribution >= 0.6 is 0 Å². The minimum Gasteiger partial charge on any atom is -0.363 e. The minimum absolute atomic E-state index is 0.269. The maximum Gasteiger partial charge on any atom is 0.228 e. The van der Waals surface area contributed by atoms with Crippen LogP contribution < -0.4 is 5.32 Å². The minimum atomic E-state index is -0.269. The van der Waals surface area contributed by atoms with Crippen LogP contribution in [-0.2, 0) is 6.54 Å². The lowest BCUT2D eigenvalue weighted by atomic mass is 10.1. The number of rotatable bonds is 4. The van der Waals surface area contributed by atoms with E-state index in [1.807, 2.05) is 44.2 Å². The summed E-state index contributed by atoms with van der Waals surface area (Å²) in [6, 6.07) is 14.4. The first-order chi connectivity index (χ1) is 12.6. The van der Waals surface area contributed by atoms with Crippen LogP contribution in [0.5, 0.6) is 0 Å². The molecule has 0 aliphatic rings. The number of benzene rings is 2. The topological polar surface area (TPSA) is 63.8 Å². The summed E-state index contributed by atoms with van der Waals surface area (Å²) < 4.78 is 18.9. The lowest BCUT2D eigenvalue weighted by molar-refractivity contribution is 0.459. The number of aromatic nitrogens is 3. The molecular formula is C20H17FN4O. The Morgan fingerprint density at radius 2 is 1.85 bits per heavy atom. The third-order valence-electron chi connectivity index (χ3n) is 4.10. The van der Waals surface area contributed by atoms with Gasteiger partial charge in [-0.25, -0.2) is 14.4 Å². The van der Waals surface area contributed by atoms with Crippen molar-refractivity contribution in [2.75, 3.05) is 5.32 Å². The molecule has 6 heteroatoms. The van der Waals surface area contributed by atoms with Crippen LogP contribution in [0.2, 0.25) is 0 Å². The molecule has 0 amide bonds. The molecule has 2 heterocycles. The van der Waals surface area contributed by atoms with Gasteiger partial charge in [-0.3, -0.25) is 0 Å². The maximum atomic E-state index is 13.3. The van der Waals surface area contributed by atoms with Crippen molar-refractivity contribution in [2.24, 2.45) is 0 Å². The van der Waals surface area contributed by atoms with Gasteiger partial charge in [0.15, 0.2) is 5.82 Å². The van der Waals surface area contributed by atoms with Gasteiger partial charge >= 0.3 is 0 Å². The zero-order valence-corrected chi connectivity index (χ0v) is 14.5. The Bertz CT molecular complexity index is 1070. The van der Waals surface area contributed by atoms with Gasteiger partial charge in [0.1, 0.15) is 22.9 Å². The molecule has 5 nitrogen and oxygen atoms in total. The molecule has 0 atom stereocenters. The molecule has 2 aromatic carbocycles. The van der Waals surface area contributed by atoms with Crippen LogP contribution in [0.25, 0.3) is 22.4 Å². The molecule has 0 saturated carbocycles. The molecule has 1 N–H and O–H groups in total. The second-order valence-electron chi connectivity index (χ2n) is 6.18. The summed E-state index contributed by atoms with van der Waals surface area (Å²) >= 11 is 0. The van der Waals surface area contributed by atoms with Gasteiger partial charge in [0.25, 0.3) is 0 Å². The van der Waals surface area contributed by atoms with E-state index in [0.29, 0.717) is 35.0 Å². The number of hydrogen-bond acceptors (Lipinski definition) is 5. The molecule has 2 aromatic heterocycles.